The number of nitrogens with one attached hydrogen (secondary N) is 1. The number of alkyl carbamates (subject to hydrolysis) is 1. The summed E-state index contributed by atoms with van der Waals surface area (Å²) in [6.45, 7) is 0. The first-order chi connectivity index (χ1) is 7.16. The number of carbonyl (C=O) groups is 1. The van der Waals surface area contributed by atoms with Crippen LogP contribution in [0, 0.1) is 5.82 Å². The Bertz CT molecular complexity index is 371. The zero-order chi connectivity index (χ0) is 10.9. The highest BCUT2D eigenvalue weighted by atomic mass is 19.1. The van der Waals surface area contributed by atoms with E-state index in [4.69, 9.17) is 0 Å². The van der Waals surface area contributed by atoms with Gasteiger partial charge in [-0.25, -0.2) is 9.18 Å². The molecule has 1 fully saturated rings. The first-order valence-corrected chi connectivity index (χ1v) is 4.78. The molecule has 1 aromatic rings. The summed E-state index contributed by atoms with van der Waals surface area (Å²) in [7, 11) is 1.33. The van der Waals surface area contributed by atoms with Gasteiger partial charge in [0.2, 0.25) is 0 Å². The molecular formula is C11H12FNO2. The van der Waals surface area contributed by atoms with E-state index in [9.17, 15) is 9.18 Å². The lowest BCUT2D eigenvalue weighted by atomic mass is 10.1. The van der Waals surface area contributed by atoms with E-state index in [2.05, 4.69) is 10.1 Å². The fourth-order valence-electron chi connectivity index (χ4n) is 1.63. The Kier molecular flexibility index (Phi) is 2.34. The van der Waals surface area contributed by atoms with Gasteiger partial charge in [-0.15, -0.1) is 0 Å². The van der Waals surface area contributed by atoms with Crippen molar-refractivity contribution >= 4 is 6.09 Å². The van der Waals surface area contributed by atoms with Gasteiger partial charge in [0, 0.05) is 0 Å². The normalized spacial score (nSPS) is 16.9. The van der Waals surface area contributed by atoms with E-state index in [1.54, 1.807) is 12.1 Å². The Hall–Kier alpha value is -1.58. The van der Waals surface area contributed by atoms with E-state index in [1.807, 2.05) is 0 Å². The van der Waals surface area contributed by atoms with Crippen molar-refractivity contribution in [1.82, 2.24) is 5.32 Å². The number of amides is 1. The van der Waals surface area contributed by atoms with E-state index < -0.39 is 6.09 Å². The van der Waals surface area contributed by atoms with Crippen molar-refractivity contribution in [2.45, 2.75) is 18.4 Å². The third kappa shape index (κ3) is 1.93. The van der Waals surface area contributed by atoms with Crippen LogP contribution >= 0.6 is 0 Å². The molecule has 0 bridgehead atoms. The van der Waals surface area contributed by atoms with Crippen molar-refractivity contribution < 1.29 is 13.9 Å². The van der Waals surface area contributed by atoms with Crippen LogP contribution in [0.4, 0.5) is 9.18 Å². The molecule has 0 heterocycles. The summed E-state index contributed by atoms with van der Waals surface area (Å²) >= 11 is 0. The van der Waals surface area contributed by atoms with Crippen LogP contribution in [0.5, 0.6) is 0 Å². The second kappa shape index (κ2) is 3.53. The summed E-state index contributed by atoms with van der Waals surface area (Å²) in [5.41, 5.74) is 0.593. The molecule has 0 atom stereocenters. The maximum atomic E-state index is 12.7. The number of benzene rings is 1. The van der Waals surface area contributed by atoms with Gasteiger partial charge in [-0.3, -0.25) is 0 Å². The van der Waals surface area contributed by atoms with Gasteiger partial charge in [0.05, 0.1) is 12.6 Å². The molecule has 0 unspecified atom stereocenters. The molecule has 1 saturated carbocycles. The van der Waals surface area contributed by atoms with Gasteiger partial charge in [-0.1, -0.05) is 12.1 Å². The minimum Gasteiger partial charge on any atom is -0.453 e. The van der Waals surface area contributed by atoms with Gasteiger partial charge in [-0.2, -0.15) is 0 Å². The maximum Gasteiger partial charge on any atom is 0.407 e. The monoisotopic (exact) mass is 209 g/mol. The van der Waals surface area contributed by atoms with Gasteiger partial charge in [0.25, 0.3) is 0 Å². The third-order valence-corrected chi connectivity index (χ3v) is 2.67. The summed E-state index contributed by atoms with van der Waals surface area (Å²) < 4.78 is 17.3. The molecule has 4 heteroatoms. The second-order valence-corrected chi connectivity index (χ2v) is 3.71. The Morgan fingerprint density at radius 1 is 1.40 bits per heavy atom. The number of ether oxygens (including phenoxy) is 1. The lowest BCUT2D eigenvalue weighted by Gasteiger charge is -2.16. The molecular weight excluding hydrogens is 197 g/mol. The van der Waals surface area contributed by atoms with Gasteiger partial charge in [0.15, 0.2) is 0 Å². The number of hydrogen-bond acceptors (Lipinski definition) is 2. The van der Waals surface area contributed by atoms with Crippen LogP contribution in [0.1, 0.15) is 18.4 Å². The number of hydrogen-bond donors (Lipinski definition) is 1. The van der Waals surface area contributed by atoms with Crippen LogP contribution in [0.25, 0.3) is 0 Å². The zero-order valence-corrected chi connectivity index (χ0v) is 8.42. The second-order valence-electron chi connectivity index (χ2n) is 3.71. The minimum absolute atomic E-state index is 0.271. The molecule has 0 saturated heterocycles. The van der Waals surface area contributed by atoms with E-state index in [0.29, 0.717) is 0 Å². The molecule has 3 nitrogen and oxygen atoms in total. The average Bonchev–Trinajstić information content (AvgIpc) is 3.00. The highest BCUT2D eigenvalue weighted by Gasteiger charge is 2.45. The molecule has 0 spiro atoms. The van der Waals surface area contributed by atoms with Crippen LogP contribution in [0.2, 0.25) is 0 Å². The van der Waals surface area contributed by atoms with Gasteiger partial charge in [0.1, 0.15) is 5.82 Å². The molecule has 0 radical (unpaired) electrons. The summed E-state index contributed by atoms with van der Waals surface area (Å²) in [5.74, 6) is -0.271. The molecule has 80 valence electrons. The maximum absolute atomic E-state index is 12.7. The van der Waals surface area contributed by atoms with Crippen LogP contribution < -0.4 is 5.32 Å². The predicted octanol–water partition coefficient (Wildman–Crippen LogP) is 2.17. The fourth-order valence-corrected chi connectivity index (χ4v) is 1.63. The van der Waals surface area contributed by atoms with Crippen LogP contribution in [0.15, 0.2) is 24.3 Å². The zero-order valence-electron chi connectivity index (χ0n) is 8.42. The quantitative estimate of drug-likeness (QED) is 0.810. The molecule has 1 aromatic carbocycles. The molecule has 0 aromatic heterocycles. The summed E-state index contributed by atoms with van der Waals surface area (Å²) in [6.07, 6.45) is 1.29. The molecule has 2 rings (SSSR count). The van der Waals surface area contributed by atoms with E-state index in [0.717, 1.165) is 18.4 Å². The predicted molar refractivity (Wildman–Crippen MR) is 52.9 cm³/mol. The average molecular weight is 209 g/mol. The molecule has 0 aliphatic heterocycles. The van der Waals surface area contributed by atoms with Gasteiger partial charge < -0.3 is 10.1 Å². The topological polar surface area (TPSA) is 38.3 Å². The molecule has 1 aliphatic carbocycles. The van der Waals surface area contributed by atoms with Crippen molar-refractivity contribution in [3.05, 3.63) is 35.6 Å². The molecule has 1 N–H and O–H groups in total. The Balaban J connectivity index is 2.16. The molecule has 1 amide bonds. The number of rotatable bonds is 2. The Morgan fingerprint density at radius 2 is 2.00 bits per heavy atom. The number of carbonyl (C=O) groups excluding carboxylic acids is 1. The van der Waals surface area contributed by atoms with Crippen LogP contribution in [0.3, 0.4) is 0 Å². The van der Waals surface area contributed by atoms with E-state index in [-0.39, 0.29) is 11.4 Å². The SMILES string of the molecule is COC(=O)NC1(c2ccc(F)cc2)CC1. The lowest BCUT2D eigenvalue weighted by Crippen LogP contribution is -2.34. The first-order valence-electron chi connectivity index (χ1n) is 4.78. The highest BCUT2D eigenvalue weighted by molar-refractivity contribution is 5.69. The van der Waals surface area contributed by atoms with Crippen LogP contribution in [-0.4, -0.2) is 13.2 Å². The van der Waals surface area contributed by atoms with Crippen molar-refractivity contribution in [3.8, 4) is 0 Å². The minimum atomic E-state index is -0.447. The largest absolute Gasteiger partial charge is 0.453 e. The first kappa shape index (κ1) is 9.96. The summed E-state index contributed by atoms with van der Waals surface area (Å²) in [6, 6.07) is 6.18. The standard InChI is InChI=1S/C11H12FNO2/c1-15-10(14)13-11(6-7-11)8-2-4-9(12)5-3-8/h2-5H,6-7H2,1H3,(H,13,14). The van der Waals surface area contributed by atoms with Crippen molar-refractivity contribution in [2.75, 3.05) is 7.11 Å². The fraction of sp³-hybridized carbons (Fsp3) is 0.364. The van der Waals surface area contributed by atoms with Crippen LogP contribution in [-0.2, 0) is 10.3 Å². The highest BCUT2D eigenvalue weighted by Crippen LogP contribution is 2.45. The van der Waals surface area contributed by atoms with Gasteiger partial charge in [-0.05, 0) is 30.5 Å². The molecule has 1 aliphatic rings. The summed E-state index contributed by atoms with van der Waals surface area (Å²) in [4.78, 5) is 11.1. The third-order valence-electron chi connectivity index (χ3n) is 2.67. The van der Waals surface area contributed by atoms with E-state index >= 15 is 0 Å². The Labute approximate surface area is 87.2 Å². The molecule has 15 heavy (non-hydrogen) atoms. The van der Waals surface area contributed by atoms with Crippen molar-refractivity contribution in [1.29, 1.82) is 0 Å². The lowest BCUT2D eigenvalue weighted by molar-refractivity contribution is 0.165. The van der Waals surface area contributed by atoms with Crippen molar-refractivity contribution in [2.24, 2.45) is 0 Å². The van der Waals surface area contributed by atoms with E-state index in [1.165, 1.54) is 19.2 Å². The van der Waals surface area contributed by atoms with Gasteiger partial charge >= 0.3 is 6.09 Å². The number of halogens is 1. The smallest absolute Gasteiger partial charge is 0.407 e. The number of methoxy groups -OCH3 is 1. The summed E-state index contributed by atoms with van der Waals surface area (Å²) in [5, 5.41) is 2.77. The Morgan fingerprint density at radius 3 is 2.47 bits per heavy atom. The van der Waals surface area contributed by atoms with Crippen molar-refractivity contribution in [3.63, 3.8) is 0 Å².